The van der Waals surface area contributed by atoms with E-state index in [2.05, 4.69) is 6.07 Å². The lowest BCUT2D eigenvalue weighted by Gasteiger charge is -2.15. The zero-order valence-corrected chi connectivity index (χ0v) is 19.7. The van der Waals surface area contributed by atoms with E-state index in [4.69, 9.17) is 31.9 Å². The van der Waals surface area contributed by atoms with E-state index in [1.165, 1.54) is 23.1 Å². The van der Waals surface area contributed by atoms with E-state index in [9.17, 15) is 9.59 Å². The molecule has 3 aromatic rings. The maximum absolute atomic E-state index is 13.4. The predicted molar refractivity (Wildman–Crippen MR) is 125 cm³/mol. The third kappa shape index (κ3) is 4.49. The molecule has 4 rings (SSSR count). The number of nitrogens with zero attached hydrogens (tertiary/aromatic N) is 4. The number of thioether (sulfide) groups is 1. The Bertz CT molecular complexity index is 1300. The fraction of sp³-hybridized carbons (Fsp3) is 0.381. The van der Waals surface area contributed by atoms with Crippen molar-refractivity contribution < 1.29 is 14.3 Å². The van der Waals surface area contributed by atoms with Gasteiger partial charge in [-0.15, -0.1) is 0 Å². The molecule has 0 N–H and O–H groups in total. The zero-order chi connectivity index (χ0) is 22.7. The first kappa shape index (κ1) is 22.7. The van der Waals surface area contributed by atoms with Crippen molar-refractivity contribution in [1.82, 2.24) is 14.1 Å². The van der Waals surface area contributed by atoms with Gasteiger partial charge in [0.15, 0.2) is 14.8 Å². The highest BCUT2D eigenvalue weighted by atomic mass is 32.2. The van der Waals surface area contributed by atoms with Crippen molar-refractivity contribution in [1.29, 1.82) is 5.26 Å². The average Bonchev–Trinajstić information content (AvgIpc) is 3.42. The minimum atomic E-state index is -0.400. The normalized spacial score (nSPS) is 15.7. The van der Waals surface area contributed by atoms with Crippen LogP contribution in [0.3, 0.4) is 0 Å². The van der Waals surface area contributed by atoms with Crippen molar-refractivity contribution >= 4 is 51.6 Å². The highest BCUT2D eigenvalue weighted by Gasteiger charge is 2.22. The Hall–Kier alpha value is -2.52. The molecule has 1 aliphatic rings. The van der Waals surface area contributed by atoms with Crippen molar-refractivity contribution in [2.24, 2.45) is 0 Å². The van der Waals surface area contributed by atoms with Gasteiger partial charge in [-0.05, 0) is 56.2 Å². The second-order valence-electron chi connectivity index (χ2n) is 7.02. The fourth-order valence-electron chi connectivity index (χ4n) is 3.52. The van der Waals surface area contributed by atoms with Gasteiger partial charge in [0.1, 0.15) is 4.70 Å². The van der Waals surface area contributed by atoms with E-state index in [0.717, 1.165) is 12.8 Å². The average molecular weight is 489 g/mol. The minimum absolute atomic E-state index is 0.0427. The molecular formula is C21H20N4O4S3. The fourth-order valence-corrected chi connectivity index (χ4v) is 5.50. The first-order valence-electron chi connectivity index (χ1n) is 10.1. The van der Waals surface area contributed by atoms with Crippen molar-refractivity contribution in [3.63, 3.8) is 0 Å². The molecule has 1 aliphatic heterocycles. The SMILES string of the molecule is CCOC(=O)c1ccc(-n2c(=S)sc3c(=O)n(C[C@@H]4CCCO4)c(SCC#N)nc32)cc1. The molecule has 32 heavy (non-hydrogen) atoms. The molecule has 1 saturated heterocycles. The molecule has 3 heterocycles. The summed E-state index contributed by atoms with van der Waals surface area (Å²) >= 11 is 7.97. The number of hydrogen-bond acceptors (Lipinski definition) is 9. The lowest BCUT2D eigenvalue weighted by Crippen LogP contribution is -2.28. The number of esters is 1. The summed E-state index contributed by atoms with van der Waals surface area (Å²) in [6.07, 6.45) is 1.81. The van der Waals surface area contributed by atoms with Gasteiger partial charge in [0.05, 0.1) is 36.6 Å². The second-order valence-corrected chi connectivity index (χ2v) is 9.60. The molecule has 166 valence electrons. The van der Waals surface area contributed by atoms with Crippen LogP contribution in [0.2, 0.25) is 0 Å². The van der Waals surface area contributed by atoms with Crippen LogP contribution in [0, 0.1) is 15.3 Å². The number of nitriles is 1. The number of thiazole rings is 1. The van der Waals surface area contributed by atoms with Gasteiger partial charge in [-0.25, -0.2) is 9.78 Å². The molecule has 1 fully saturated rings. The van der Waals surface area contributed by atoms with Crippen LogP contribution in [0.25, 0.3) is 16.0 Å². The standard InChI is InChI=1S/C21H20N4O4S3/c1-2-28-19(27)13-5-7-14(8-6-13)25-17-16(32-21(25)30)18(26)24(12-15-4-3-10-29-15)20(23-17)31-11-9-22/h5-8,15H,2-4,10-12H2,1H3/t15-/m0/s1. The Morgan fingerprint density at radius 3 is 2.88 bits per heavy atom. The van der Waals surface area contributed by atoms with Crippen LogP contribution in [-0.4, -0.2) is 45.2 Å². The Balaban J connectivity index is 1.81. The molecule has 2 aromatic heterocycles. The number of carbonyl (C=O) groups excluding carboxylic acids is 1. The first-order chi connectivity index (χ1) is 15.5. The van der Waals surface area contributed by atoms with Crippen LogP contribution in [0.5, 0.6) is 0 Å². The summed E-state index contributed by atoms with van der Waals surface area (Å²) in [4.78, 5) is 30.1. The number of fused-ring (bicyclic) bond motifs is 1. The Morgan fingerprint density at radius 2 is 2.22 bits per heavy atom. The molecule has 0 bridgehead atoms. The molecule has 0 radical (unpaired) electrons. The van der Waals surface area contributed by atoms with E-state index in [1.807, 2.05) is 0 Å². The summed E-state index contributed by atoms with van der Waals surface area (Å²) in [5, 5.41) is 9.52. The van der Waals surface area contributed by atoms with E-state index < -0.39 is 5.97 Å². The predicted octanol–water partition coefficient (Wildman–Crippen LogP) is 3.95. The molecule has 0 aliphatic carbocycles. The topological polar surface area (TPSA) is 99.1 Å². The molecular weight excluding hydrogens is 468 g/mol. The number of carbonyl (C=O) groups is 1. The van der Waals surface area contributed by atoms with Crippen molar-refractivity contribution in [2.75, 3.05) is 19.0 Å². The van der Waals surface area contributed by atoms with Gasteiger partial charge < -0.3 is 9.47 Å². The molecule has 1 aromatic carbocycles. The van der Waals surface area contributed by atoms with E-state index in [1.54, 1.807) is 40.3 Å². The molecule has 11 heteroatoms. The molecule has 0 unspecified atom stereocenters. The van der Waals surface area contributed by atoms with Gasteiger partial charge >= 0.3 is 5.97 Å². The number of benzene rings is 1. The van der Waals surface area contributed by atoms with E-state index >= 15 is 0 Å². The maximum Gasteiger partial charge on any atom is 0.338 e. The third-order valence-electron chi connectivity index (χ3n) is 4.97. The van der Waals surface area contributed by atoms with Gasteiger partial charge in [-0.2, -0.15) is 5.26 Å². The van der Waals surface area contributed by atoms with Crippen molar-refractivity contribution in [3.05, 3.63) is 44.1 Å². The Morgan fingerprint density at radius 1 is 1.44 bits per heavy atom. The zero-order valence-electron chi connectivity index (χ0n) is 17.3. The summed E-state index contributed by atoms with van der Waals surface area (Å²) in [6.45, 7) is 3.13. The highest BCUT2D eigenvalue weighted by molar-refractivity contribution is 7.99. The Kier molecular flexibility index (Phi) is 7.05. The number of hydrogen-bond donors (Lipinski definition) is 0. The minimum Gasteiger partial charge on any atom is -0.462 e. The number of aromatic nitrogens is 3. The van der Waals surface area contributed by atoms with Crippen molar-refractivity contribution in [2.45, 2.75) is 37.6 Å². The first-order valence-corrected chi connectivity index (χ1v) is 12.3. The summed E-state index contributed by atoms with van der Waals surface area (Å²) < 4.78 is 15.0. The second kappa shape index (κ2) is 9.95. The van der Waals surface area contributed by atoms with Crippen molar-refractivity contribution in [3.8, 4) is 11.8 Å². The monoisotopic (exact) mass is 488 g/mol. The van der Waals surface area contributed by atoms with Crippen LogP contribution in [0.15, 0.2) is 34.2 Å². The van der Waals surface area contributed by atoms with Crippen LogP contribution >= 0.6 is 35.3 Å². The van der Waals surface area contributed by atoms with E-state index in [0.29, 0.717) is 50.5 Å². The summed E-state index contributed by atoms with van der Waals surface area (Å²) in [6, 6.07) is 8.89. The van der Waals surface area contributed by atoms with Gasteiger partial charge in [-0.1, -0.05) is 23.1 Å². The maximum atomic E-state index is 13.4. The highest BCUT2D eigenvalue weighted by Crippen LogP contribution is 2.27. The molecule has 0 amide bonds. The van der Waals surface area contributed by atoms with Crippen LogP contribution in [0.1, 0.15) is 30.1 Å². The van der Waals surface area contributed by atoms with Crippen LogP contribution in [-0.2, 0) is 16.0 Å². The molecule has 1 atom stereocenters. The van der Waals surface area contributed by atoms with Gasteiger partial charge in [0, 0.05) is 12.3 Å². The Labute approximate surface area is 197 Å². The van der Waals surface area contributed by atoms with Gasteiger partial charge in [0.25, 0.3) is 5.56 Å². The quantitative estimate of drug-likeness (QED) is 0.213. The third-order valence-corrected chi connectivity index (χ3v) is 7.17. The van der Waals surface area contributed by atoms with Crippen LogP contribution in [0.4, 0.5) is 0 Å². The smallest absolute Gasteiger partial charge is 0.338 e. The van der Waals surface area contributed by atoms with Crippen LogP contribution < -0.4 is 5.56 Å². The largest absolute Gasteiger partial charge is 0.462 e. The summed E-state index contributed by atoms with van der Waals surface area (Å²) in [7, 11) is 0. The molecule has 0 saturated carbocycles. The molecule has 0 spiro atoms. The molecule has 8 nitrogen and oxygen atoms in total. The van der Waals surface area contributed by atoms with Gasteiger partial charge in [-0.3, -0.25) is 13.9 Å². The lowest BCUT2D eigenvalue weighted by atomic mass is 10.2. The summed E-state index contributed by atoms with van der Waals surface area (Å²) in [5.41, 5.74) is 1.37. The van der Waals surface area contributed by atoms with Gasteiger partial charge in [0.2, 0.25) is 0 Å². The number of ether oxygens (including phenoxy) is 2. The lowest BCUT2D eigenvalue weighted by molar-refractivity contribution is 0.0526. The van der Waals surface area contributed by atoms with E-state index in [-0.39, 0.29) is 17.4 Å². The summed E-state index contributed by atoms with van der Waals surface area (Å²) in [5.74, 6) is -0.231. The number of rotatable bonds is 7.